The van der Waals surface area contributed by atoms with Gasteiger partial charge >= 0.3 is 5.97 Å². The van der Waals surface area contributed by atoms with Crippen molar-refractivity contribution in [1.29, 1.82) is 0 Å². The summed E-state index contributed by atoms with van der Waals surface area (Å²) in [5.74, 6) is 3.18. The molecule has 12 nitrogen and oxygen atoms in total. The molecule has 1 aliphatic heterocycles. The predicted molar refractivity (Wildman–Crippen MR) is 159 cm³/mol. The molecule has 2 aromatic carbocycles. The molecule has 14 heteroatoms. The fourth-order valence-corrected chi connectivity index (χ4v) is 6.42. The molecule has 5 rings (SSSR count). The average Bonchev–Trinajstić information content (AvgIpc) is 3.40. The molecule has 2 amide bonds. The van der Waals surface area contributed by atoms with Gasteiger partial charge in [-0.15, -0.1) is 0 Å². The highest BCUT2D eigenvalue weighted by Gasteiger charge is 2.32. The van der Waals surface area contributed by atoms with Gasteiger partial charge in [0.1, 0.15) is 17.5 Å². The molecule has 0 spiro atoms. The minimum absolute atomic E-state index is 0.00132. The van der Waals surface area contributed by atoms with Crippen LogP contribution in [-0.4, -0.2) is 75.2 Å². The maximum Gasteiger partial charge on any atom is 0.328 e. The highest BCUT2D eigenvalue weighted by Crippen LogP contribution is 2.35. The lowest BCUT2D eigenvalue weighted by atomic mass is 9.84. The number of nitrogens with two attached hydrogens (primary N) is 1. The van der Waals surface area contributed by atoms with E-state index in [1.54, 1.807) is 23.1 Å². The Labute approximate surface area is 256 Å². The number of furan rings is 1. The highest BCUT2D eigenvalue weighted by atomic mass is 35.5. The number of aliphatic imine (C=N–C) groups is 1. The molecule has 228 valence electrons. The minimum atomic E-state index is -1.45. The first-order valence-corrected chi connectivity index (χ1v) is 14.5. The largest absolute Gasteiger partial charge is 0.480 e. The van der Waals surface area contributed by atoms with Crippen molar-refractivity contribution in [2.45, 2.75) is 50.5 Å². The van der Waals surface area contributed by atoms with Gasteiger partial charge in [0.15, 0.2) is 5.76 Å². The normalized spacial score (nSPS) is 21.3. The van der Waals surface area contributed by atoms with Crippen molar-refractivity contribution >= 4 is 57.8 Å². The number of fused-ring (bicyclic) bond motifs is 2. The first kappa shape index (κ1) is 30.8. The van der Waals surface area contributed by atoms with E-state index in [0.717, 1.165) is 5.39 Å². The summed E-state index contributed by atoms with van der Waals surface area (Å²) in [6.07, 6.45) is -0.316. The molecule has 0 saturated heterocycles. The van der Waals surface area contributed by atoms with Crippen molar-refractivity contribution in [3.8, 4) is 0 Å². The highest BCUT2D eigenvalue weighted by molar-refractivity contribution is 6.40. The van der Waals surface area contributed by atoms with Gasteiger partial charge in [-0.1, -0.05) is 41.4 Å². The Bertz CT molecular complexity index is 1550. The lowest BCUT2D eigenvalue weighted by Gasteiger charge is -2.30. The van der Waals surface area contributed by atoms with E-state index in [9.17, 15) is 29.7 Å². The van der Waals surface area contributed by atoms with Crippen LogP contribution < -0.4 is 16.6 Å². The molecule has 3 aromatic rings. The monoisotopic (exact) mass is 631 g/mol. The van der Waals surface area contributed by atoms with E-state index in [1.807, 2.05) is 18.2 Å². The van der Waals surface area contributed by atoms with Crippen molar-refractivity contribution < 1.29 is 34.1 Å². The second kappa shape index (κ2) is 12.9. The number of aliphatic carboxylic acids is 1. The summed E-state index contributed by atoms with van der Waals surface area (Å²) in [6.45, 7) is 0.137. The first-order valence-electron chi connectivity index (χ1n) is 13.7. The zero-order valence-corrected chi connectivity index (χ0v) is 24.4. The third kappa shape index (κ3) is 6.63. The molecule has 1 unspecified atom stereocenters. The Morgan fingerprint density at radius 2 is 1.84 bits per heavy atom. The van der Waals surface area contributed by atoms with Gasteiger partial charge in [-0.25, -0.2) is 10.6 Å². The number of carboxylic acid groups (broad SMARTS) is 1. The number of para-hydroxylation sites is 1. The third-order valence-corrected chi connectivity index (χ3v) is 8.51. The van der Waals surface area contributed by atoms with Gasteiger partial charge < -0.3 is 35.4 Å². The van der Waals surface area contributed by atoms with Gasteiger partial charge in [-0.2, -0.15) is 0 Å². The van der Waals surface area contributed by atoms with E-state index < -0.39 is 36.0 Å². The molecule has 4 atom stereocenters. The molecular formula is C29H31Cl2N5O7. The molecule has 2 heterocycles. The maximum absolute atomic E-state index is 13.3. The number of hydrazine groups is 1. The second-order valence-corrected chi connectivity index (χ2v) is 11.5. The van der Waals surface area contributed by atoms with Gasteiger partial charge in [-0.3, -0.25) is 14.6 Å². The Morgan fingerprint density at radius 3 is 2.51 bits per heavy atom. The van der Waals surface area contributed by atoms with Crippen LogP contribution in [0.15, 0.2) is 45.8 Å². The number of aliphatic hydroxyl groups excluding tert-OH is 2. The zero-order chi connectivity index (χ0) is 30.8. The van der Waals surface area contributed by atoms with E-state index >= 15 is 0 Å². The molecule has 1 saturated carbocycles. The number of amidine groups is 1. The Morgan fingerprint density at radius 1 is 1.12 bits per heavy atom. The summed E-state index contributed by atoms with van der Waals surface area (Å²) in [5, 5.41) is 33.1. The molecule has 43 heavy (non-hydrogen) atoms. The molecule has 2 aliphatic rings. The number of hydrogen-bond acceptors (Lipinski definition) is 8. The molecule has 1 aromatic heterocycles. The van der Waals surface area contributed by atoms with Crippen LogP contribution in [0.1, 0.15) is 51.3 Å². The Hall–Kier alpha value is -3.68. The minimum Gasteiger partial charge on any atom is -0.480 e. The summed E-state index contributed by atoms with van der Waals surface area (Å²) < 4.78 is 5.72. The number of carboxylic acids is 1. The van der Waals surface area contributed by atoms with E-state index in [0.29, 0.717) is 42.5 Å². The van der Waals surface area contributed by atoms with Crippen molar-refractivity contribution in [2.24, 2.45) is 16.8 Å². The number of halogens is 2. The van der Waals surface area contributed by atoms with Crippen LogP contribution in [0.25, 0.3) is 11.0 Å². The van der Waals surface area contributed by atoms with Crippen LogP contribution in [0.5, 0.6) is 0 Å². The first-order chi connectivity index (χ1) is 20.5. The average molecular weight is 633 g/mol. The van der Waals surface area contributed by atoms with Crippen LogP contribution in [0.4, 0.5) is 0 Å². The number of aliphatic hydroxyl groups is 2. The van der Waals surface area contributed by atoms with Gasteiger partial charge in [0.25, 0.3) is 11.8 Å². The Balaban J connectivity index is 1.30. The molecule has 7 N–H and O–H groups in total. The molecule has 0 bridgehead atoms. The van der Waals surface area contributed by atoms with Crippen LogP contribution in [0.3, 0.4) is 0 Å². The fourth-order valence-electron chi connectivity index (χ4n) is 5.66. The summed E-state index contributed by atoms with van der Waals surface area (Å²) in [7, 11) is 0. The van der Waals surface area contributed by atoms with E-state index in [4.69, 9.17) is 33.5 Å². The number of hydrogen-bond donors (Lipinski definition) is 6. The lowest BCUT2D eigenvalue weighted by Crippen LogP contribution is -2.46. The number of benzene rings is 2. The standard InChI is InChI=1S/C29H31Cl2N5O7/c30-20-9-16-13-36(28(40)23-10-14-3-1-2-4-22(14)43-23)6-5-19(16)25(31)24(20)27(39)34-21(29(41)42)12-33-26(35-32)15-7-17(37)11-18(38)8-15/h1-4,9-10,15,17-18,21,37-38H,5-8,11-13,32H2,(H,33,35)(H,34,39)(H,41,42)/t15?,17-,18+,21-/m0/s1. The number of carbonyl (C=O) groups is 3. The van der Waals surface area contributed by atoms with Crippen molar-refractivity contribution in [1.82, 2.24) is 15.6 Å². The number of rotatable bonds is 7. The molecule has 0 radical (unpaired) electrons. The summed E-state index contributed by atoms with van der Waals surface area (Å²) >= 11 is 13.1. The van der Waals surface area contributed by atoms with E-state index in [-0.39, 0.29) is 52.6 Å². The second-order valence-electron chi connectivity index (χ2n) is 10.8. The van der Waals surface area contributed by atoms with Crippen molar-refractivity contribution in [2.75, 3.05) is 13.1 Å². The number of nitrogens with one attached hydrogen (secondary N) is 2. The number of nitrogens with zero attached hydrogens (tertiary/aromatic N) is 2. The molecule has 1 fully saturated rings. The SMILES string of the molecule is NNC(=NC[C@H](NC(=O)c1c(Cl)cc2c(c1Cl)CCN(C(=O)c1cc3ccccc3o1)C2)C(=O)O)C1C[C@@H](O)C[C@@H](O)C1. The summed E-state index contributed by atoms with van der Waals surface area (Å²) in [5.41, 5.74) is 4.25. The smallest absolute Gasteiger partial charge is 0.328 e. The van der Waals surface area contributed by atoms with Crippen LogP contribution in [0, 0.1) is 5.92 Å². The van der Waals surface area contributed by atoms with Crippen LogP contribution in [0.2, 0.25) is 10.0 Å². The summed E-state index contributed by atoms with van der Waals surface area (Å²) in [6, 6.07) is 9.12. The fraction of sp³-hybridized carbons (Fsp3) is 0.379. The molecular weight excluding hydrogens is 601 g/mol. The zero-order valence-electron chi connectivity index (χ0n) is 22.9. The van der Waals surface area contributed by atoms with Gasteiger partial charge in [0.2, 0.25) is 0 Å². The third-order valence-electron chi connectivity index (χ3n) is 7.79. The Kier molecular flexibility index (Phi) is 9.23. The van der Waals surface area contributed by atoms with Crippen LogP contribution in [-0.2, 0) is 17.8 Å². The number of carbonyl (C=O) groups excluding carboxylic acids is 2. The maximum atomic E-state index is 13.3. The van der Waals surface area contributed by atoms with Crippen molar-refractivity contribution in [3.05, 3.63) is 68.9 Å². The van der Waals surface area contributed by atoms with Crippen LogP contribution >= 0.6 is 23.2 Å². The van der Waals surface area contributed by atoms with E-state index in [2.05, 4.69) is 15.7 Å². The molecule has 1 aliphatic carbocycles. The van der Waals surface area contributed by atoms with Gasteiger partial charge in [-0.05, 0) is 55.0 Å². The summed E-state index contributed by atoms with van der Waals surface area (Å²) in [4.78, 5) is 44.3. The van der Waals surface area contributed by atoms with Gasteiger partial charge in [0, 0.05) is 24.4 Å². The van der Waals surface area contributed by atoms with Crippen molar-refractivity contribution in [3.63, 3.8) is 0 Å². The van der Waals surface area contributed by atoms with E-state index in [1.165, 1.54) is 0 Å². The quantitative estimate of drug-likeness (QED) is 0.0984. The lowest BCUT2D eigenvalue weighted by molar-refractivity contribution is -0.138. The van der Waals surface area contributed by atoms with Gasteiger partial charge in [0.05, 0.1) is 34.4 Å². The topological polar surface area (TPSA) is 191 Å². The predicted octanol–water partition coefficient (Wildman–Crippen LogP) is 2.50. The number of amides is 2.